The topological polar surface area (TPSA) is 41.9 Å². The molecule has 0 saturated carbocycles. The molecule has 0 bridgehead atoms. The molecule has 0 N–H and O–H groups in total. The number of aliphatic imine (C=N–C) groups is 1. The lowest BCUT2D eigenvalue weighted by atomic mass is 10.2. The van der Waals surface area contributed by atoms with Crippen LogP contribution in [0.3, 0.4) is 0 Å². The first kappa shape index (κ1) is 20.8. The zero-order chi connectivity index (χ0) is 20.3. The molecule has 0 aromatic heterocycles. The van der Waals surface area contributed by atoms with E-state index in [1.165, 1.54) is 16.7 Å². The summed E-state index contributed by atoms with van der Waals surface area (Å²) in [5.41, 5.74) is 1.57. The van der Waals surface area contributed by atoms with Crippen LogP contribution < -0.4 is 4.74 Å². The molecular formula is C21H20Cl2N2O2S. The fourth-order valence-corrected chi connectivity index (χ4v) is 3.78. The molecular weight excluding hydrogens is 415 g/mol. The number of amidine groups is 1. The van der Waals surface area contributed by atoms with Crippen LogP contribution in [0.4, 0.5) is 5.69 Å². The maximum absolute atomic E-state index is 12.6. The Balaban J connectivity index is 1.81. The summed E-state index contributed by atoms with van der Waals surface area (Å²) in [6.07, 6.45) is 2.80. The number of halogens is 2. The molecule has 0 radical (unpaired) electrons. The van der Waals surface area contributed by atoms with E-state index in [9.17, 15) is 4.79 Å². The summed E-state index contributed by atoms with van der Waals surface area (Å²) in [5.74, 6) is 0.541. The molecule has 1 amide bonds. The van der Waals surface area contributed by atoms with Crippen LogP contribution in [0, 0.1) is 0 Å². The number of carbonyl (C=O) groups is 1. The van der Waals surface area contributed by atoms with Gasteiger partial charge in [-0.2, -0.15) is 0 Å². The van der Waals surface area contributed by atoms with Gasteiger partial charge in [0.1, 0.15) is 5.75 Å². The minimum Gasteiger partial charge on any atom is -0.489 e. The lowest BCUT2D eigenvalue weighted by Gasteiger charge is -2.14. The molecule has 0 spiro atoms. The SMILES string of the molecule is CC[C@H](C)Oc1ccc(/C=C2\SC(=Nc3ccc(Cl)cc3)N(C)C2=O)cc1Cl. The van der Waals surface area contributed by atoms with Crippen molar-refractivity contribution < 1.29 is 9.53 Å². The fourth-order valence-electron chi connectivity index (χ4n) is 2.43. The fraction of sp³-hybridized carbons (Fsp3) is 0.238. The van der Waals surface area contributed by atoms with Crippen LogP contribution in [0.2, 0.25) is 10.0 Å². The van der Waals surface area contributed by atoms with Crippen LogP contribution in [0.15, 0.2) is 52.4 Å². The van der Waals surface area contributed by atoms with Gasteiger partial charge in [-0.15, -0.1) is 0 Å². The third-order valence-electron chi connectivity index (χ3n) is 4.21. The second kappa shape index (κ2) is 9.03. The smallest absolute Gasteiger partial charge is 0.266 e. The number of hydrogen-bond acceptors (Lipinski definition) is 4. The maximum Gasteiger partial charge on any atom is 0.266 e. The molecule has 1 heterocycles. The Kier molecular flexibility index (Phi) is 6.70. The number of carbonyl (C=O) groups excluding carboxylic acids is 1. The summed E-state index contributed by atoms with van der Waals surface area (Å²) in [7, 11) is 1.71. The van der Waals surface area contributed by atoms with Gasteiger partial charge in [-0.1, -0.05) is 36.2 Å². The normalized spacial score (nSPS) is 18.2. The molecule has 2 aromatic rings. The standard InChI is InChI=1S/C21H20Cl2N2O2S/c1-4-13(2)27-18-10-5-14(11-17(18)23)12-19-20(26)25(3)21(28-19)24-16-8-6-15(22)7-9-16/h5-13H,4H2,1-3H3/b19-12-,24-21?/t13-/m0/s1. The van der Waals surface area contributed by atoms with Crippen LogP contribution in [0.1, 0.15) is 25.8 Å². The lowest BCUT2D eigenvalue weighted by molar-refractivity contribution is -0.121. The Morgan fingerprint density at radius 3 is 2.57 bits per heavy atom. The molecule has 1 atom stereocenters. The highest BCUT2D eigenvalue weighted by atomic mass is 35.5. The number of hydrogen-bond donors (Lipinski definition) is 0. The Morgan fingerprint density at radius 1 is 1.21 bits per heavy atom. The number of thioether (sulfide) groups is 1. The van der Waals surface area contributed by atoms with E-state index in [-0.39, 0.29) is 12.0 Å². The van der Waals surface area contributed by atoms with Crippen molar-refractivity contribution in [1.82, 2.24) is 4.90 Å². The van der Waals surface area contributed by atoms with Crippen LogP contribution in [0.25, 0.3) is 6.08 Å². The Labute approximate surface area is 179 Å². The van der Waals surface area contributed by atoms with Gasteiger partial charge in [0, 0.05) is 12.1 Å². The Hall–Kier alpha value is -1.95. The van der Waals surface area contributed by atoms with Crippen molar-refractivity contribution in [2.45, 2.75) is 26.4 Å². The minimum atomic E-state index is -0.103. The lowest BCUT2D eigenvalue weighted by Crippen LogP contribution is -2.23. The number of amides is 1. The number of nitrogens with zero attached hydrogens (tertiary/aromatic N) is 2. The van der Waals surface area contributed by atoms with Gasteiger partial charge in [-0.3, -0.25) is 9.69 Å². The maximum atomic E-state index is 12.6. The van der Waals surface area contributed by atoms with Gasteiger partial charge in [0.2, 0.25) is 0 Å². The molecule has 1 fully saturated rings. The highest BCUT2D eigenvalue weighted by Crippen LogP contribution is 2.34. The third kappa shape index (κ3) is 4.90. The second-order valence-corrected chi connectivity index (χ2v) is 8.22. The van der Waals surface area contributed by atoms with Crippen molar-refractivity contribution in [3.05, 3.63) is 63.0 Å². The minimum absolute atomic E-state index is 0.0916. The molecule has 2 aromatic carbocycles. The molecule has 3 rings (SSSR count). The van der Waals surface area contributed by atoms with Gasteiger partial charge in [0.25, 0.3) is 5.91 Å². The Morgan fingerprint density at radius 2 is 1.93 bits per heavy atom. The molecule has 0 aliphatic carbocycles. The highest BCUT2D eigenvalue weighted by Gasteiger charge is 2.30. The largest absolute Gasteiger partial charge is 0.489 e. The van der Waals surface area contributed by atoms with Gasteiger partial charge < -0.3 is 4.74 Å². The average molecular weight is 435 g/mol. The van der Waals surface area contributed by atoms with E-state index in [1.807, 2.05) is 37.3 Å². The highest BCUT2D eigenvalue weighted by molar-refractivity contribution is 8.18. The van der Waals surface area contributed by atoms with Crippen LogP contribution >= 0.6 is 35.0 Å². The van der Waals surface area contributed by atoms with E-state index in [1.54, 1.807) is 25.2 Å². The molecule has 1 aliphatic rings. The number of rotatable bonds is 5. The number of ether oxygens (including phenoxy) is 1. The first-order valence-corrected chi connectivity index (χ1v) is 10.4. The number of likely N-dealkylation sites (N-methyl/N-ethyl adjacent to an activating group) is 1. The van der Waals surface area contributed by atoms with Gasteiger partial charge in [-0.25, -0.2) is 4.99 Å². The van der Waals surface area contributed by atoms with Crippen molar-refractivity contribution >= 4 is 57.8 Å². The molecule has 4 nitrogen and oxygen atoms in total. The summed E-state index contributed by atoms with van der Waals surface area (Å²) in [5, 5.41) is 1.78. The molecule has 1 saturated heterocycles. The van der Waals surface area contributed by atoms with E-state index < -0.39 is 0 Å². The van der Waals surface area contributed by atoms with Gasteiger partial charge in [-0.05, 0) is 73.1 Å². The molecule has 1 aliphatic heterocycles. The van der Waals surface area contributed by atoms with Crippen LogP contribution in [0.5, 0.6) is 5.75 Å². The van der Waals surface area contributed by atoms with E-state index in [0.717, 1.165) is 17.7 Å². The quantitative estimate of drug-likeness (QED) is 0.510. The monoisotopic (exact) mass is 434 g/mol. The van der Waals surface area contributed by atoms with E-state index in [0.29, 0.717) is 25.9 Å². The summed E-state index contributed by atoms with van der Waals surface area (Å²) in [4.78, 5) is 19.2. The summed E-state index contributed by atoms with van der Waals surface area (Å²) >= 11 is 13.6. The Bertz CT molecular complexity index is 942. The van der Waals surface area contributed by atoms with E-state index >= 15 is 0 Å². The predicted molar refractivity (Wildman–Crippen MR) is 119 cm³/mol. The zero-order valence-corrected chi connectivity index (χ0v) is 18.1. The van der Waals surface area contributed by atoms with E-state index in [4.69, 9.17) is 27.9 Å². The predicted octanol–water partition coefficient (Wildman–Crippen LogP) is 6.40. The van der Waals surface area contributed by atoms with Crippen molar-refractivity contribution in [3.8, 4) is 5.75 Å². The van der Waals surface area contributed by atoms with Gasteiger partial charge in [0.05, 0.1) is 21.7 Å². The molecule has 28 heavy (non-hydrogen) atoms. The number of benzene rings is 2. The third-order valence-corrected chi connectivity index (χ3v) is 5.82. The zero-order valence-electron chi connectivity index (χ0n) is 15.8. The molecule has 7 heteroatoms. The van der Waals surface area contributed by atoms with Gasteiger partial charge in [0.15, 0.2) is 5.17 Å². The van der Waals surface area contributed by atoms with Crippen molar-refractivity contribution in [2.75, 3.05) is 7.05 Å². The van der Waals surface area contributed by atoms with E-state index in [2.05, 4.69) is 11.9 Å². The second-order valence-electron chi connectivity index (χ2n) is 6.37. The summed E-state index contributed by atoms with van der Waals surface area (Å²) in [6.45, 7) is 4.05. The summed E-state index contributed by atoms with van der Waals surface area (Å²) in [6, 6.07) is 12.7. The van der Waals surface area contributed by atoms with Gasteiger partial charge >= 0.3 is 0 Å². The van der Waals surface area contributed by atoms with Crippen LogP contribution in [-0.4, -0.2) is 29.1 Å². The average Bonchev–Trinajstić information content (AvgIpc) is 2.93. The first-order valence-electron chi connectivity index (χ1n) is 8.85. The summed E-state index contributed by atoms with van der Waals surface area (Å²) < 4.78 is 5.79. The first-order chi connectivity index (χ1) is 13.4. The molecule has 0 unspecified atom stereocenters. The van der Waals surface area contributed by atoms with Crippen molar-refractivity contribution in [2.24, 2.45) is 4.99 Å². The van der Waals surface area contributed by atoms with Crippen molar-refractivity contribution in [1.29, 1.82) is 0 Å². The molecule has 146 valence electrons. The van der Waals surface area contributed by atoms with Crippen LogP contribution in [-0.2, 0) is 4.79 Å². The van der Waals surface area contributed by atoms with Crippen molar-refractivity contribution in [3.63, 3.8) is 0 Å².